The molecule has 7 heterocycles. The lowest BCUT2D eigenvalue weighted by Gasteiger charge is -2.42. The van der Waals surface area contributed by atoms with Crippen LogP contribution in [0, 0.1) is 11.8 Å². The Hall–Kier alpha value is -6.88. The minimum Gasteiger partial charge on any atom is -0.495 e. The van der Waals surface area contributed by atoms with E-state index in [0.717, 1.165) is 33.1 Å². The lowest BCUT2D eigenvalue weighted by Crippen LogP contribution is -2.63. The number of amides is 6. The maximum absolute atomic E-state index is 14.2. The zero-order chi connectivity index (χ0) is 95.2. The van der Waals surface area contributed by atoms with Gasteiger partial charge in [0.15, 0.2) is 11.4 Å². The van der Waals surface area contributed by atoms with Crippen LogP contribution in [0.1, 0.15) is 147 Å². The van der Waals surface area contributed by atoms with Crippen molar-refractivity contribution in [2.24, 2.45) is 11.8 Å². The number of likely N-dealkylation sites (N-methyl/N-ethyl adjacent to an activating group) is 2. The molecule has 6 aliphatic heterocycles. The third-order valence-corrected chi connectivity index (χ3v) is 27.7. The van der Waals surface area contributed by atoms with Crippen LogP contribution in [-0.2, 0) is 101 Å². The zero-order valence-electron chi connectivity index (χ0n) is 75.3. The highest BCUT2D eigenvalue weighted by Crippen LogP contribution is 2.52. The number of hydrogen-bond donors (Lipinski definition) is 7. The molecule has 2 radical (unpaired) electrons. The lowest BCUT2D eigenvalue weighted by atomic mass is 9.83. The van der Waals surface area contributed by atoms with Crippen molar-refractivity contribution < 1.29 is 117 Å². The van der Waals surface area contributed by atoms with E-state index in [9.17, 15) is 58.2 Å². The summed E-state index contributed by atoms with van der Waals surface area (Å²) in [6, 6.07) is 10.9. The van der Waals surface area contributed by atoms with Gasteiger partial charge in [0.05, 0.1) is 57.8 Å². The molecular formula is C85H122BCl2N7O24PS6+. The Morgan fingerprint density at radius 1 is 0.690 bits per heavy atom. The lowest BCUT2D eigenvalue weighted by molar-refractivity contribution is -0.162. The number of allylic oxidation sites excluding steroid dienone is 6. The number of carbonyl (C=O) groups excluding carboxylic acids is 8. The molecule has 17 atom stereocenters. The molecule has 8 bridgehead atoms. The van der Waals surface area contributed by atoms with Gasteiger partial charge in [0.2, 0.25) is 23.6 Å². The van der Waals surface area contributed by atoms with Crippen LogP contribution in [0.5, 0.6) is 11.5 Å². The van der Waals surface area contributed by atoms with Gasteiger partial charge in [-0.2, -0.15) is 12.6 Å². The summed E-state index contributed by atoms with van der Waals surface area (Å²) < 4.78 is 70.3. The third kappa shape index (κ3) is 31.4. The first kappa shape index (κ1) is 108. The second-order valence-electron chi connectivity index (χ2n) is 30.8. The number of aliphatic carboxylic acids is 2. The van der Waals surface area contributed by atoms with E-state index in [1.54, 1.807) is 118 Å². The second kappa shape index (κ2) is 52.2. The normalized spacial score (nSPS) is 27.8. The van der Waals surface area contributed by atoms with E-state index >= 15 is 0 Å². The van der Waals surface area contributed by atoms with Crippen LogP contribution in [0.15, 0.2) is 101 Å². The number of carboxylic acids is 2. The number of benzene rings is 2. The Morgan fingerprint density at radius 3 is 1.46 bits per heavy atom. The molecule has 698 valence electrons. The molecule has 1 aromatic heterocycles. The molecule has 3 aromatic rings. The van der Waals surface area contributed by atoms with Crippen molar-refractivity contribution in [2.75, 3.05) is 89.4 Å². The number of rotatable bonds is 26. The number of pyridine rings is 1. The number of carbonyl (C=O) groups is 10. The summed E-state index contributed by atoms with van der Waals surface area (Å²) >= 11 is 21.7. The van der Waals surface area contributed by atoms with Crippen LogP contribution in [0.2, 0.25) is 10.0 Å². The van der Waals surface area contributed by atoms with Gasteiger partial charge in [0, 0.05) is 118 Å². The number of nitrogens with one attached hydrogen (secondary N) is 2. The first-order valence-corrected chi connectivity index (χ1v) is 47.9. The van der Waals surface area contributed by atoms with Crippen molar-refractivity contribution >= 4 is 177 Å². The first-order valence-electron chi connectivity index (χ1n) is 41.2. The standard InChI is InChI=1S/C39H54ClN3O12S2.C35H48ClN3O10S.C9H11NO2S2.2CH4.BHPS/c1-22-11-9-12-29(52-8)39(50)21-28(53-37(49)41-39)23(2)35-38(4,55-35)30(20-32(45)43(6)26-18-25(17-22)19-27(51-7)34(26)40)54-36(48)24(3)42(5)31(44)14-16-57-56-15-10-13-33(46)47;1-19-10-9-11-26(46-8)35(44)18-25(47-33(43)37-35)20(2)31-34(4,49-31)27(48-32(42)21(3)38(5)28(40)12-13-50)17-29(41)39(6)23-15-22(14-19)16-24(45-7)30(23)36;11-9(12)5-3-7-13-14-8-4-1-2-6-10-8;;;1-2-3/h9,11-12,18-19,23-24,28-30,35,50H,10,13-17,20-21H2,1-8H3,(H,41,49)(H,46,47);9-11,15-16,20-21,25-27,31,44,50H,12-14,17-18H2,1-8H3,(H,37,43);1-2,4,6H,3,5,7H2,(H,11,12);2*1H4;2H/q;;;;;+1/b12-9+,22-11+;11-9+,19-10+;;;;/t23-,24+,28+,29-,30+,35+,38+,39+;20-,21+,25+,26-,27+,31+,34+,35+;;;;/m11..../s1/i;;;1D;;2D. The molecule has 0 saturated carbocycles. The maximum atomic E-state index is 14.2. The fraction of sp³-hybridized carbons (Fsp3) is 0.588. The molecule has 31 nitrogen and oxygen atoms in total. The summed E-state index contributed by atoms with van der Waals surface area (Å²) in [6.07, 6.45) is 5.26. The molecule has 0 aliphatic carbocycles. The summed E-state index contributed by atoms with van der Waals surface area (Å²) in [5, 5.41) is 47.1. The largest absolute Gasteiger partial charge is 0.495 e. The molecule has 41 heteroatoms. The van der Waals surface area contributed by atoms with Gasteiger partial charge in [-0.3, -0.25) is 39.4 Å². The number of epoxide rings is 2. The van der Waals surface area contributed by atoms with Crippen LogP contribution in [-0.4, -0.2) is 267 Å². The van der Waals surface area contributed by atoms with Crippen molar-refractivity contribution in [2.45, 2.75) is 236 Å². The van der Waals surface area contributed by atoms with Crippen LogP contribution in [0.4, 0.5) is 21.0 Å². The third-order valence-electron chi connectivity index (χ3n) is 21.9. The summed E-state index contributed by atoms with van der Waals surface area (Å²) in [6.45, 7) is 13.9. The van der Waals surface area contributed by atoms with E-state index in [1.807, 2.05) is 44.2 Å². The number of anilines is 2. The van der Waals surface area contributed by atoms with Crippen LogP contribution < -0.4 is 29.9 Å². The predicted octanol–water partition coefficient (Wildman–Crippen LogP) is 13.2. The number of aromatic nitrogens is 1. The van der Waals surface area contributed by atoms with E-state index in [0.29, 0.717) is 65.8 Å². The number of thiol groups is 1. The van der Waals surface area contributed by atoms with Crippen molar-refractivity contribution in [3.63, 3.8) is 0 Å². The molecule has 126 heavy (non-hydrogen) atoms. The van der Waals surface area contributed by atoms with Crippen LogP contribution >= 0.6 is 86.2 Å². The molecule has 0 spiro atoms. The highest BCUT2D eigenvalue weighted by Gasteiger charge is 2.66. The van der Waals surface area contributed by atoms with Gasteiger partial charge in [-0.25, -0.2) is 24.2 Å². The van der Waals surface area contributed by atoms with Gasteiger partial charge in [-0.1, -0.05) is 138 Å². The van der Waals surface area contributed by atoms with E-state index in [2.05, 4.69) is 47.6 Å². The Balaban J connectivity index is 0.000000440. The fourth-order valence-electron chi connectivity index (χ4n) is 14.2. The second-order valence-corrected chi connectivity index (χ2v) is 38.0. The SMILES string of the molecule is C.COc1cc2cc(c1Cl)N(C)C(=O)C[C@H](OC(=O)[C@H](C)N(C)C(=O)CCS)[C@]1(C)O[C@H]1[C@H](C)[C@@H]1C[C@@](O)(NC(=O)O1)[C@H](OC)/C=C/C=C(\C)C2.COc1cc2cc(c1Cl)N(C)C(=O)C[C@H](OC(=O)[C@H](C)N(C)C(=O)CCSSCCCC(=O)O)[C@]1(C)O[C@H]1[C@H](C)[C@@H]1C[C@@](O)(NC(=O)O1)[C@H](OC)/C=C/C=C(\C)C2.O=C(O)CCCSSc1ccccn1.[2H]C.[2H][P+]([B])=S. The van der Waals surface area contributed by atoms with Crippen LogP contribution in [0.3, 0.4) is 0 Å². The van der Waals surface area contributed by atoms with E-state index < -0.39 is 150 Å². The molecule has 9 rings (SSSR count). The van der Waals surface area contributed by atoms with Crippen molar-refractivity contribution in [1.82, 2.24) is 25.4 Å². The number of aliphatic hydroxyl groups is 2. The zero-order valence-corrected chi connectivity index (χ0v) is 80.7. The molecule has 4 fully saturated rings. The molecule has 6 N–H and O–H groups in total. The number of halogens is 2. The summed E-state index contributed by atoms with van der Waals surface area (Å²) in [7, 11) is 22.7. The van der Waals surface area contributed by atoms with E-state index in [-0.39, 0.29) is 80.7 Å². The van der Waals surface area contributed by atoms with Gasteiger partial charge >= 0.3 is 44.9 Å². The topological polar surface area (TPSA) is 400 Å². The Morgan fingerprint density at radius 2 is 1.09 bits per heavy atom. The highest BCUT2D eigenvalue weighted by molar-refractivity contribution is 8.77. The maximum Gasteiger partial charge on any atom is 0.456 e. The molecule has 1 unspecified atom stereocenters. The number of alkyl carbamates (subject to hydrolysis) is 2. The number of fused-ring (bicyclic) bond motifs is 10. The summed E-state index contributed by atoms with van der Waals surface area (Å²) in [5.74, 6) is -2.66. The Labute approximate surface area is 781 Å². The Bertz CT molecular complexity index is 4430. The summed E-state index contributed by atoms with van der Waals surface area (Å²) in [5.41, 5.74) is -1.91. The minimum atomic E-state index is -1.84. The highest BCUT2D eigenvalue weighted by atomic mass is 35.5. The number of methoxy groups -OCH3 is 4. The predicted molar refractivity (Wildman–Crippen MR) is 501 cm³/mol. The van der Waals surface area contributed by atoms with Gasteiger partial charge < -0.3 is 87.4 Å². The van der Waals surface area contributed by atoms with E-state index in [4.69, 9.17) is 83.4 Å². The smallest absolute Gasteiger partial charge is 0.456 e. The quantitative estimate of drug-likeness (QED) is 0.00573. The molecule has 2 aromatic carbocycles. The molecule has 6 aliphatic rings. The molecule has 4 saturated heterocycles. The monoisotopic (exact) mass is 1930 g/mol. The number of hydrogen-bond acceptors (Lipinski definition) is 29. The average Bonchev–Trinajstić information content (AvgIpc) is 1.57. The average molecular weight is 1930 g/mol. The van der Waals surface area contributed by atoms with Gasteiger partial charge in [-0.15, -0.1) is 0 Å². The van der Waals surface area contributed by atoms with Crippen LogP contribution in [0.25, 0.3) is 0 Å². The number of carboxylic acid groups (broad SMARTS) is 2. The van der Waals surface area contributed by atoms with Crippen molar-refractivity contribution in [3.05, 3.63) is 117 Å². The fourth-order valence-corrected chi connectivity index (χ4v) is 19.0. The minimum absolute atomic E-state index is 0. The van der Waals surface area contributed by atoms with E-state index in [1.165, 1.54) is 105 Å². The molecule has 6 amide bonds. The molecular weight excluding hydrogens is 1810 g/mol. The van der Waals surface area contributed by atoms with Gasteiger partial charge in [-0.05, 0) is 131 Å². The van der Waals surface area contributed by atoms with Crippen molar-refractivity contribution in [1.29, 1.82) is 1.28 Å². The van der Waals surface area contributed by atoms with Gasteiger partial charge in [0.25, 0.3) is 0 Å². The summed E-state index contributed by atoms with van der Waals surface area (Å²) in [4.78, 5) is 137. The van der Waals surface area contributed by atoms with Gasteiger partial charge in [0.1, 0.15) is 98.3 Å². The Kier molecular flexibility index (Phi) is 44.7. The number of esters is 2. The number of nitrogens with zero attached hydrogens (tertiary/aromatic N) is 5. The van der Waals surface area contributed by atoms with Crippen molar-refractivity contribution in [3.8, 4) is 11.5 Å². The first-order chi connectivity index (χ1) is 59.8. The number of ether oxygens (including phenoxy) is 10.